The van der Waals surface area contributed by atoms with Gasteiger partial charge in [-0.1, -0.05) is 39.3 Å². The van der Waals surface area contributed by atoms with Crippen molar-refractivity contribution in [2.45, 2.75) is 203 Å². The Bertz CT molecular complexity index is 1610. The number of aliphatic hydroxyl groups is 9. The largest absolute Gasteiger partial charge is 0.394 e. The first-order valence-electron chi connectivity index (χ1n) is 23.4. The molecule has 0 aromatic rings. The van der Waals surface area contributed by atoms with Crippen LogP contribution in [-0.4, -0.2) is 176 Å². The zero-order valence-corrected chi connectivity index (χ0v) is 36.6. The molecule has 4 aliphatic carbocycles. The molecule has 17 heteroatoms. The summed E-state index contributed by atoms with van der Waals surface area (Å²) in [6.07, 6.45) is -12.4. The molecule has 0 aromatic carbocycles. The summed E-state index contributed by atoms with van der Waals surface area (Å²) in [6.45, 7) is 10.4. The second-order valence-corrected chi connectivity index (χ2v) is 21.1. The van der Waals surface area contributed by atoms with Crippen LogP contribution < -0.4 is 0 Å². The lowest BCUT2D eigenvalue weighted by Crippen LogP contribution is -2.67. The van der Waals surface area contributed by atoms with E-state index in [9.17, 15) is 46.0 Å². The van der Waals surface area contributed by atoms with Gasteiger partial charge in [-0.3, -0.25) is 0 Å². The van der Waals surface area contributed by atoms with Crippen molar-refractivity contribution < 1.29 is 83.9 Å². The van der Waals surface area contributed by atoms with Gasteiger partial charge in [0, 0.05) is 12.3 Å². The predicted octanol–water partition coefficient (Wildman–Crippen LogP) is 0.214. The summed E-state index contributed by atoms with van der Waals surface area (Å²) >= 11 is 0. The van der Waals surface area contributed by atoms with Gasteiger partial charge in [0.25, 0.3) is 0 Å². The normalized spacial score (nSPS) is 57.6. The first kappa shape index (κ1) is 46.2. The standard InChI is InChI=1S/C45H72O17/c1-19-8-13-45(55-18-19)20(2)30-27(62-45)15-26-24-7-6-22-14-23(9-11-43(22,4)25(24)10-12-44(26,30)5)57-42-39(61-41-37(54)35(52)32(49)28(16-46)58-41)38(33(50)29(17-47)59-42)60-40-36(53)34(51)31(48)21(3)56-40/h6,19-21,23-42,46-54H,7-18H2,1-5H3/t19-,20+,21+,23+,24-,25+,26-,27+,28-,29-,30+,31+,32-,33-,34-,35+,36-,37-,38+,39-,40+,41+,42-,43+,44+,45-/m1/s1. The van der Waals surface area contributed by atoms with Crippen molar-refractivity contribution in [2.24, 2.45) is 46.3 Å². The Hall–Kier alpha value is -0.940. The molecule has 9 aliphatic rings. The Labute approximate surface area is 363 Å². The molecule has 0 amide bonds. The van der Waals surface area contributed by atoms with Gasteiger partial charge in [-0.05, 0) is 98.7 Å². The van der Waals surface area contributed by atoms with E-state index in [-0.39, 0.29) is 16.9 Å². The molecular formula is C45H72O17. The molecule has 0 aromatic heterocycles. The summed E-state index contributed by atoms with van der Waals surface area (Å²) in [5.74, 6) is 2.51. The molecule has 354 valence electrons. The average molecular weight is 885 g/mol. The fourth-order valence-electron chi connectivity index (χ4n) is 14.0. The number of fused-ring (bicyclic) bond motifs is 7. The summed E-state index contributed by atoms with van der Waals surface area (Å²) in [5, 5.41) is 95.8. The molecule has 9 N–H and O–H groups in total. The second-order valence-electron chi connectivity index (χ2n) is 21.1. The first-order valence-corrected chi connectivity index (χ1v) is 23.4. The Morgan fingerprint density at radius 2 is 1.34 bits per heavy atom. The lowest BCUT2D eigenvalue weighted by atomic mass is 9.47. The Morgan fingerprint density at radius 3 is 2.03 bits per heavy atom. The minimum absolute atomic E-state index is 0.0518. The van der Waals surface area contributed by atoms with E-state index in [1.807, 2.05) is 0 Å². The highest BCUT2D eigenvalue weighted by molar-refractivity contribution is 5.26. The second kappa shape index (κ2) is 17.3. The SMILES string of the molecule is C[C@@H]1CC[C@@]2(OC1)O[C@H]1C[C@@H]3[C@@H]4CC=C5C[C@@H](O[C@@H]6O[C@H](CO)[C@@H](O)[C@H](O[C@@H]7O[C@@H](C)[C@H](O)[C@@H](O)[C@H]7O)[C@H]6O[C@@H]6O[C@H](CO)[C@@H](O)[C@H](O)[C@H]6O)CC[C@]5(C)[C@H]4CC[C@]3(C)[C@H]1[C@@H]2C. The monoisotopic (exact) mass is 884 g/mol. The predicted molar refractivity (Wildman–Crippen MR) is 214 cm³/mol. The van der Waals surface area contributed by atoms with Gasteiger partial charge in [0.15, 0.2) is 24.7 Å². The van der Waals surface area contributed by atoms with Crippen LogP contribution in [0.1, 0.15) is 92.4 Å². The van der Waals surface area contributed by atoms with Crippen LogP contribution in [0, 0.1) is 46.3 Å². The van der Waals surface area contributed by atoms with Crippen LogP contribution in [0.2, 0.25) is 0 Å². The molecule has 62 heavy (non-hydrogen) atoms. The minimum atomic E-state index is -1.83. The zero-order valence-electron chi connectivity index (χ0n) is 36.6. The van der Waals surface area contributed by atoms with E-state index in [2.05, 4.69) is 33.8 Å². The highest BCUT2D eigenvalue weighted by Crippen LogP contribution is 2.70. The zero-order chi connectivity index (χ0) is 44.2. The summed E-state index contributed by atoms with van der Waals surface area (Å²) < 4.78 is 50.3. The minimum Gasteiger partial charge on any atom is -0.394 e. The molecular weight excluding hydrogens is 812 g/mol. The van der Waals surface area contributed by atoms with Crippen LogP contribution >= 0.6 is 0 Å². The van der Waals surface area contributed by atoms with Gasteiger partial charge in [0.2, 0.25) is 0 Å². The molecule has 0 bridgehead atoms. The van der Waals surface area contributed by atoms with Gasteiger partial charge in [0.05, 0.1) is 38.1 Å². The van der Waals surface area contributed by atoms with E-state index < -0.39 is 117 Å². The van der Waals surface area contributed by atoms with E-state index in [0.717, 1.165) is 51.6 Å². The third-order valence-corrected chi connectivity index (χ3v) is 17.7. The average Bonchev–Trinajstić information content (AvgIpc) is 3.70. The van der Waals surface area contributed by atoms with E-state index in [1.54, 1.807) is 0 Å². The highest BCUT2D eigenvalue weighted by atomic mass is 16.8. The maximum atomic E-state index is 11.6. The molecule has 3 saturated carbocycles. The van der Waals surface area contributed by atoms with E-state index >= 15 is 0 Å². The Balaban J connectivity index is 0.941. The number of aliphatic hydroxyl groups excluding tert-OH is 9. The topological polar surface area (TPSA) is 256 Å². The molecule has 8 fully saturated rings. The smallest absolute Gasteiger partial charge is 0.187 e. The number of rotatable bonds is 8. The number of allylic oxidation sites excluding steroid dienone is 1. The lowest BCUT2D eigenvalue weighted by molar-refractivity contribution is -0.394. The van der Waals surface area contributed by atoms with Gasteiger partial charge in [0.1, 0.15) is 67.1 Å². The molecule has 9 rings (SSSR count). The number of ether oxygens (including phenoxy) is 8. The summed E-state index contributed by atoms with van der Waals surface area (Å²) in [5.41, 5.74) is 1.45. The van der Waals surface area contributed by atoms with Crippen molar-refractivity contribution in [1.82, 2.24) is 0 Å². The van der Waals surface area contributed by atoms with Crippen molar-refractivity contribution in [2.75, 3.05) is 19.8 Å². The summed E-state index contributed by atoms with van der Waals surface area (Å²) in [6, 6.07) is 0. The molecule has 5 saturated heterocycles. The van der Waals surface area contributed by atoms with E-state index in [1.165, 1.54) is 12.5 Å². The van der Waals surface area contributed by atoms with E-state index in [4.69, 9.17) is 37.9 Å². The Kier molecular flexibility index (Phi) is 12.9. The number of hydrogen-bond acceptors (Lipinski definition) is 17. The van der Waals surface area contributed by atoms with Crippen molar-refractivity contribution in [3.8, 4) is 0 Å². The van der Waals surface area contributed by atoms with Crippen molar-refractivity contribution in [3.05, 3.63) is 11.6 Å². The summed E-state index contributed by atoms with van der Waals surface area (Å²) in [7, 11) is 0. The summed E-state index contributed by atoms with van der Waals surface area (Å²) in [4.78, 5) is 0. The molecule has 0 radical (unpaired) electrons. The van der Waals surface area contributed by atoms with Gasteiger partial charge in [-0.2, -0.15) is 0 Å². The van der Waals surface area contributed by atoms with Gasteiger partial charge < -0.3 is 83.9 Å². The van der Waals surface area contributed by atoms with Crippen LogP contribution in [0.5, 0.6) is 0 Å². The third-order valence-electron chi connectivity index (χ3n) is 17.7. The maximum Gasteiger partial charge on any atom is 0.187 e. The fourth-order valence-corrected chi connectivity index (χ4v) is 14.0. The number of hydrogen-bond donors (Lipinski definition) is 9. The van der Waals surface area contributed by atoms with Crippen LogP contribution in [0.15, 0.2) is 11.6 Å². The van der Waals surface area contributed by atoms with Crippen molar-refractivity contribution >= 4 is 0 Å². The van der Waals surface area contributed by atoms with Crippen LogP contribution in [0.4, 0.5) is 0 Å². The van der Waals surface area contributed by atoms with Gasteiger partial charge in [-0.25, -0.2) is 0 Å². The molecule has 5 aliphatic heterocycles. The quantitative estimate of drug-likeness (QED) is 0.148. The van der Waals surface area contributed by atoms with Crippen LogP contribution in [-0.2, 0) is 37.9 Å². The third kappa shape index (κ3) is 7.49. The van der Waals surface area contributed by atoms with Gasteiger partial charge >= 0.3 is 0 Å². The molecule has 1 spiro atoms. The van der Waals surface area contributed by atoms with Crippen molar-refractivity contribution in [1.29, 1.82) is 0 Å². The van der Waals surface area contributed by atoms with Crippen LogP contribution in [0.3, 0.4) is 0 Å². The molecule has 17 nitrogen and oxygen atoms in total. The highest BCUT2D eigenvalue weighted by Gasteiger charge is 2.69. The van der Waals surface area contributed by atoms with Crippen molar-refractivity contribution in [3.63, 3.8) is 0 Å². The maximum absolute atomic E-state index is 11.6. The van der Waals surface area contributed by atoms with Gasteiger partial charge in [-0.15, -0.1) is 0 Å². The Morgan fingerprint density at radius 1 is 0.677 bits per heavy atom. The lowest BCUT2D eigenvalue weighted by Gasteiger charge is -2.59. The molecule has 26 atom stereocenters. The fraction of sp³-hybridized carbons (Fsp3) is 0.956. The van der Waals surface area contributed by atoms with Crippen LogP contribution in [0.25, 0.3) is 0 Å². The first-order chi connectivity index (χ1) is 29.4. The molecule has 0 unspecified atom stereocenters. The van der Waals surface area contributed by atoms with E-state index in [0.29, 0.717) is 48.3 Å². The molecule has 5 heterocycles.